The van der Waals surface area contributed by atoms with Crippen molar-refractivity contribution in [3.8, 4) is 5.75 Å². The van der Waals surface area contributed by atoms with Crippen LogP contribution >= 0.6 is 0 Å². The summed E-state index contributed by atoms with van der Waals surface area (Å²) in [5.74, 6) is -0.572. The smallest absolute Gasteiger partial charge is 0.340 e. The molecule has 7 nitrogen and oxygen atoms in total. The van der Waals surface area contributed by atoms with Crippen LogP contribution in [0.2, 0.25) is 0 Å². The van der Waals surface area contributed by atoms with E-state index in [1.165, 1.54) is 6.07 Å². The van der Waals surface area contributed by atoms with Crippen LogP contribution in [-0.2, 0) is 9.53 Å². The van der Waals surface area contributed by atoms with E-state index in [2.05, 4.69) is 5.32 Å². The first kappa shape index (κ1) is 20.1. The largest absolute Gasteiger partial charge is 0.481 e. The molecule has 1 N–H and O–H groups in total. The average molecular weight is 395 g/mol. The summed E-state index contributed by atoms with van der Waals surface area (Å²) in [5.41, 5.74) is 1.33. The van der Waals surface area contributed by atoms with Crippen LogP contribution in [0, 0.1) is 6.92 Å². The number of carbonyl (C=O) groups is 2. The van der Waals surface area contributed by atoms with Crippen LogP contribution in [-0.4, -0.2) is 24.6 Å². The number of carbonyl (C=O) groups excluding carboxylic acids is 2. The molecule has 0 aliphatic rings. The van der Waals surface area contributed by atoms with E-state index >= 15 is 0 Å². The highest BCUT2D eigenvalue weighted by atomic mass is 16.5. The Balaban J connectivity index is 1.76. The second-order valence-corrected chi connectivity index (χ2v) is 6.42. The Kier molecular flexibility index (Phi) is 5.97. The number of para-hydroxylation sites is 1. The van der Waals surface area contributed by atoms with E-state index < -0.39 is 23.6 Å². The molecule has 1 atom stereocenters. The van der Waals surface area contributed by atoms with Gasteiger partial charge in [-0.1, -0.05) is 12.1 Å². The zero-order valence-corrected chi connectivity index (χ0v) is 16.4. The molecule has 0 saturated heterocycles. The highest BCUT2D eigenvalue weighted by Crippen LogP contribution is 2.23. The van der Waals surface area contributed by atoms with Crippen molar-refractivity contribution in [1.29, 1.82) is 0 Å². The highest BCUT2D eigenvalue weighted by Gasteiger charge is 2.19. The van der Waals surface area contributed by atoms with Crippen LogP contribution in [0.15, 0.2) is 57.7 Å². The molecule has 1 heterocycles. The summed E-state index contributed by atoms with van der Waals surface area (Å²) >= 11 is 0. The molecular weight excluding hydrogens is 374 g/mol. The molecule has 150 valence electrons. The van der Waals surface area contributed by atoms with Gasteiger partial charge in [-0.15, -0.1) is 0 Å². The number of ether oxygens (including phenoxy) is 2. The third-order valence-corrected chi connectivity index (χ3v) is 4.29. The van der Waals surface area contributed by atoms with E-state index in [0.29, 0.717) is 17.0 Å². The van der Waals surface area contributed by atoms with Gasteiger partial charge < -0.3 is 19.2 Å². The first-order valence-corrected chi connectivity index (χ1v) is 9.17. The summed E-state index contributed by atoms with van der Waals surface area (Å²) in [4.78, 5) is 36.2. The van der Waals surface area contributed by atoms with Crippen LogP contribution in [0.25, 0.3) is 11.0 Å². The molecule has 3 aromatic rings. The molecule has 0 fully saturated rings. The Bertz CT molecular complexity index is 1120. The molecule has 0 radical (unpaired) electrons. The summed E-state index contributed by atoms with van der Waals surface area (Å²) in [5, 5.41) is 3.48. The lowest BCUT2D eigenvalue weighted by molar-refractivity contribution is -0.122. The summed E-state index contributed by atoms with van der Waals surface area (Å²) in [6.45, 7) is 5.34. The lowest BCUT2D eigenvalue weighted by atomic mass is 10.1. The minimum Gasteiger partial charge on any atom is -0.481 e. The normalized spacial score (nSPS) is 11.7. The molecule has 3 rings (SSSR count). The van der Waals surface area contributed by atoms with Crippen molar-refractivity contribution < 1.29 is 23.5 Å². The topological polar surface area (TPSA) is 94.8 Å². The number of benzene rings is 2. The van der Waals surface area contributed by atoms with Gasteiger partial charge >= 0.3 is 11.6 Å². The Morgan fingerprint density at radius 2 is 1.90 bits per heavy atom. The minimum atomic E-state index is -0.862. The minimum absolute atomic E-state index is 0.234. The SMILES string of the molecule is CCOC(=O)c1ccccc1NC(=O)[C@H](C)Oc1ccc2c(C)cc(=O)oc2c1. The monoisotopic (exact) mass is 395 g/mol. The fourth-order valence-electron chi connectivity index (χ4n) is 2.85. The van der Waals surface area contributed by atoms with Crippen LogP contribution in [0.4, 0.5) is 5.69 Å². The molecular formula is C22H21NO6. The fraction of sp³-hybridized carbons (Fsp3) is 0.227. The van der Waals surface area contributed by atoms with Crippen LogP contribution in [0.5, 0.6) is 5.75 Å². The van der Waals surface area contributed by atoms with E-state index in [1.54, 1.807) is 56.3 Å². The van der Waals surface area contributed by atoms with E-state index in [4.69, 9.17) is 13.9 Å². The Hall–Kier alpha value is -3.61. The number of rotatable bonds is 6. The van der Waals surface area contributed by atoms with Gasteiger partial charge in [0.2, 0.25) is 0 Å². The van der Waals surface area contributed by atoms with E-state index in [-0.39, 0.29) is 12.2 Å². The zero-order valence-electron chi connectivity index (χ0n) is 16.4. The second kappa shape index (κ2) is 8.60. The molecule has 29 heavy (non-hydrogen) atoms. The first-order valence-electron chi connectivity index (χ1n) is 9.17. The molecule has 1 amide bonds. The number of fused-ring (bicyclic) bond motifs is 1. The van der Waals surface area contributed by atoms with Crippen molar-refractivity contribution in [2.75, 3.05) is 11.9 Å². The molecule has 1 aromatic heterocycles. The Labute approximate surface area is 167 Å². The molecule has 0 bridgehead atoms. The van der Waals surface area contributed by atoms with Crippen molar-refractivity contribution in [1.82, 2.24) is 0 Å². The molecule has 7 heteroatoms. The van der Waals surface area contributed by atoms with Gasteiger partial charge in [0, 0.05) is 17.5 Å². The van der Waals surface area contributed by atoms with Gasteiger partial charge in [-0.3, -0.25) is 4.79 Å². The third kappa shape index (κ3) is 4.63. The number of nitrogens with one attached hydrogen (secondary N) is 1. The van der Waals surface area contributed by atoms with Gasteiger partial charge in [-0.25, -0.2) is 9.59 Å². The maximum atomic E-state index is 12.6. The van der Waals surface area contributed by atoms with Crippen molar-refractivity contribution in [3.05, 3.63) is 70.1 Å². The van der Waals surface area contributed by atoms with Crippen molar-refractivity contribution in [2.45, 2.75) is 26.9 Å². The molecule has 0 saturated carbocycles. The van der Waals surface area contributed by atoms with Crippen molar-refractivity contribution >= 4 is 28.5 Å². The average Bonchev–Trinajstić information content (AvgIpc) is 2.68. The number of amides is 1. The second-order valence-electron chi connectivity index (χ2n) is 6.42. The standard InChI is InChI=1S/C22H21NO6/c1-4-27-22(26)17-7-5-6-8-18(17)23-21(25)14(3)28-15-9-10-16-13(2)11-20(24)29-19(16)12-15/h5-12,14H,4H2,1-3H3,(H,23,25)/t14-/m0/s1. The third-order valence-electron chi connectivity index (χ3n) is 4.29. The van der Waals surface area contributed by atoms with E-state index in [9.17, 15) is 14.4 Å². The van der Waals surface area contributed by atoms with E-state index in [0.717, 1.165) is 10.9 Å². The Morgan fingerprint density at radius 3 is 2.66 bits per heavy atom. The Morgan fingerprint density at radius 1 is 1.14 bits per heavy atom. The molecule has 0 aliphatic heterocycles. The maximum absolute atomic E-state index is 12.6. The van der Waals surface area contributed by atoms with Crippen molar-refractivity contribution in [3.63, 3.8) is 0 Å². The predicted molar refractivity (Wildman–Crippen MR) is 108 cm³/mol. The molecule has 0 spiro atoms. The number of esters is 1. The predicted octanol–water partition coefficient (Wildman–Crippen LogP) is 3.68. The van der Waals surface area contributed by atoms with Crippen LogP contribution in [0.3, 0.4) is 0 Å². The summed E-state index contributed by atoms with van der Waals surface area (Å²) in [6, 6.07) is 13.0. The van der Waals surface area contributed by atoms with Gasteiger partial charge in [-0.2, -0.15) is 0 Å². The fourth-order valence-corrected chi connectivity index (χ4v) is 2.85. The summed E-state index contributed by atoms with van der Waals surface area (Å²) in [7, 11) is 0. The number of hydrogen-bond donors (Lipinski definition) is 1. The maximum Gasteiger partial charge on any atom is 0.340 e. The molecule has 0 aliphatic carbocycles. The van der Waals surface area contributed by atoms with Crippen LogP contribution < -0.4 is 15.7 Å². The van der Waals surface area contributed by atoms with Gasteiger partial charge in [-0.05, 0) is 50.6 Å². The highest BCUT2D eigenvalue weighted by molar-refractivity contribution is 6.02. The van der Waals surface area contributed by atoms with Gasteiger partial charge in [0.1, 0.15) is 11.3 Å². The quantitative estimate of drug-likeness (QED) is 0.505. The first-order chi connectivity index (χ1) is 13.9. The van der Waals surface area contributed by atoms with Crippen LogP contribution in [0.1, 0.15) is 29.8 Å². The lowest BCUT2D eigenvalue weighted by Gasteiger charge is -2.16. The summed E-state index contributed by atoms with van der Waals surface area (Å²) in [6.07, 6.45) is -0.862. The molecule has 2 aromatic carbocycles. The number of anilines is 1. The zero-order chi connectivity index (χ0) is 21.0. The summed E-state index contributed by atoms with van der Waals surface area (Å²) < 4.78 is 15.9. The number of aryl methyl sites for hydroxylation is 1. The van der Waals surface area contributed by atoms with Gasteiger partial charge in [0.15, 0.2) is 6.10 Å². The van der Waals surface area contributed by atoms with Gasteiger partial charge in [0.25, 0.3) is 5.91 Å². The van der Waals surface area contributed by atoms with Crippen molar-refractivity contribution in [2.24, 2.45) is 0 Å². The van der Waals surface area contributed by atoms with E-state index in [1.807, 2.05) is 6.92 Å². The molecule has 0 unspecified atom stereocenters. The van der Waals surface area contributed by atoms with Gasteiger partial charge in [0.05, 0.1) is 17.9 Å². The number of hydrogen-bond acceptors (Lipinski definition) is 6. The lowest BCUT2D eigenvalue weighted by Crippen LogP contribution is -2.30.